The van der Waals surface area contributed by atoms with Gasteiger partial charge in [-0.15, -0.1) is 12.4 Å². The fraction of sp³-hybridized carbons (Fsp3) is 0.650. The second-order valence-corrected chi connectivity index (χ2v) is 8.22. The number of hydrogen-bond acceptors (Lipinski definition) is 4. The quantitative estimate of drug-likeness (QED) is 0.672. The minimum Gasteiger partial charge on any atom is -0.497 e. The van der Waals surface area contributed by atoms with E-state index < -0.39 is 18.3 Å². The molecule has 1 fully saturated rings. The first-order valence-corrected chi connectivity index (χ1v) is 9.35. The maximum absolute atomic E-state index is 11.8. The summed E-state index contributed by atoms with van der Waals surface area (Å²) >= 11 is 0. The summed E-state index contributed by atoms with van der Waals surface area (Å²) in [7, 11) is 1.25. The predicted octanol–water partition coefficient (Wildman–Crippen LogP) is 4.02. The standard InChI is InChI=1S/C20H32BNO4.ClH/c1-14(18(22)23)17(21-25-19(2,3)20(4,5)26-21)12-8-10-15-9-7-11-16(13-15)24-6;/h7,9,11,13-14,17H,8,10,12H2,1-6H3,(H2,22,23);1H/t14?,17-;/m1./s1. The van der Waals surface area contributed by atoms with Crippen molar-refractivity contribution in [1.29, 1.82) is 0 Å². The molecule has 1 aromatic rings. The zero-order valence-electron chi connectivity index (χ0n) is 17.3. The molecular formula is C20H33BClNO4. The van der Waals surface area contributed by atoms with Gasteiger partial charge in [-0.3, -0.25) is 4.79 Å². The van der Waals surface area contributed by atoms with Crippen molar-refractivity contribution < 1.29 is 18.8 Å². The molecular weight excluding hydrogens is 364 g/mol. The molecule has 1 saturated heterocycles. The summed E-state index contributed by atoms with van der Waals surface area (Å²) in [6, 6.07) is 8.06. The number of ether oxygens (including phenoxy) is 1. The van der Waals surface area contributed by atoms with E-state index in [2.05, 4.69) is 6.07 Å². The lowest BCUT2D eigenvalue weighted by Crippen LogP contribution is -2.41. The summed E-state index contributed by atoms with van der Waals surface area (Å²) in [6.07, 6.45) is 2.62. The molecule has 7 heteroatoms. The highest BCUT2D eigenvalue weighted by Gasteiger charge is 2.54. The van der Waals surface area contributed by atoms with Crippen LogP contribution in [0.3, 0.4) is 0 Å². The molecule has 0 spiro atoms. The van der Waals surface area contributed by atoms with Gasteiger partial charge in [-0.05, 0) is 58.2 Å². The number of hydrogen-bond donors (Lipinski definition) is 1. The van der Waals surface area contributed by atoms with Gasteiger partial charge in [0.15, 0.2) is 0 Å². The largest absolute Gasteiger partial charge is 0.497 e. The van der Waals surface area contributed by atoms with E-state index in [4.69, 9.17) is 19.8 Å². The third-order valence-electron chi connectivity index (χ3n) is 5.85. The number of primary amides is 1. The molecule has 1 unspecified atom stereocenters. The van der Waals surface area contributed by atoms with E-state index >= 15 is 0 Å². The maximum atomic E-state index is 11.8. The first kappa shape index (κ1) is 23.8. The van der Waals surface area contributed by atoms with Crippen LogP contribution >= 0.6 is 12.4 Å². The molecule has 5 nitrogen and oxygen atoms in total. The first-order valence-electron chi connectivity index (χ1n) is 9.35. The summed E-state index contributed by atoms with van der Waals surface area (Å²) in [4.78, 5) is 11.8. The van der Waals surface area contributed by atoms with Crippen LogP contribution in [0.4, 0.5) is 0 Å². The number of amides is 1. The average molecular weight is 398 g/mol. The molecule has 152 valence electrons. The summed E-state index contributed by atoms with van der Waals surface area (Å²) in [5.74, 6) is 0.163. The minimum atomic E-state index is -0.423. The number of methoxy groups -OCH3 is 1. The fourth-order valence-corrected chi connectivity index (χ4v) is 3.27. The van der Waals surface area contributed by atoms with E-state index in [9.17, 15) is 4.79 Å². The van der Waals surface area contributed by atoms with Crippen molar-refractivity contribution in [2.75, 3.05) is 7.11 Å². The summed E-state index contributed by atoms with van der Waals surface area (Å²) < 4.78 is 17.7. The van der Waals surface area contributed by atoms with Gasteiger partial charge in [0.1, 0.15) is 5.75 Å². The van der Waals surface area contributed by atoms with Crippen LogP contribution in [0.5, 0.6) is 5.75 Å². The Morgan fingerprint density at radius 1 is 1.22 bits per heavy atom. The predicted molar refractivity (Wildman–Crippen MR) is 111 cm³/mol. The van der Waals surface area contributed by atoms with Crippen LogP contribution in [-0.2, 0) is 20.5 Å². The maximum Gasteiger partial charge on any atom is 0.461 e. The van der Waals surface area contributed by atoms with Crippen molar-refractivity contribution in [3.8, 4) is 5.75 Å². The minimum absolute atomic E-state index is 0. The highest BCUT2D eigenvalue weighted by molar-refractivity contribution is 6.48. The molecule has 2 rings (SSSR count). The fourth-order valence-electron chi connectivity index (χ4n) is 3.27. The molecule has 0 radical (unpaired) electrons. The van der Waals surface area contributed by atoms with Crippen LogP contribution in [-0.4, -0.2) is 31.3 Å². The molecule has 0 bridgehead atoms. The van der Waals surface area contributed by atoms with Crippen molar-refractivity contribution in [2.24, 2.45) is 11.7 Å². The summed E-state index contributed by atoms with van der Waals surface area (Å²) in [5, 5.41) is 0. The first-order chi connectivity index (χ1) is 12.1. The van der Waals surface area contributed by atoms with E-state index in [-0.39, 0.29) is 30.0 Å². The summed E-state index contributed by atoms with van der Waals surface area (Å²) in [6.45, 7) is 9.96. The molecule has 1 aromatic carbocycles. The van der Waals surface area contributed by atoms with Gasteiger partial charge in [-0.2, -0.15) is 0 Å². The monoisotopic (exact) mass is 397 g/mol. The third-order valence-corrected chi connectivity index (χ3v) is 5.85. The number of halogens is 1. The molecule has 2 atom stereocenters. The zero-order chi connectivity index (χ0) is 19.5. The Labute approximate surface area is 169 Å². The molecule has 1 aliphatic heterocycles. The normalized spacial score (nSPS) is 19.9. The van der Waals surface area contributed by atoms with Gasteiger partial charge >= 0.3 is 7.12 Å². The van der Waals surface area contributed by atoms with Crippen LogP contribution in [0.25, 0.3) is 0 Å². The van der Waals surface area contributed by atoms with Crippen molar-refractivity contribution >= 4 is 25.4 Å². The van der Waals surface area contributed by atoms with Gasteiger partial charge < -0.3 is 19.8 Å². The lowest BCUT2D eigenvalue weighted by molar-refractivity contribution is -0.121. The number of carbonyl (C=O) groups is 1. The lowest BCUT2D eigenvalue weighted by atomic mass is 9.63. The van der Waals surface area contributed by atoms with E-state index in [1.807, 2.05) is 52.8 Å². The Balaban J connectivity index is 0.00000364. The van der Waals surface area contributed by atoms with Crippen LogP contribution in [0, 0.1) is 5.92 Å². The molecule has 1 aliphatic rings. The van der Waals surface area contributed by atoms with Crippen molar-refractivity contribution in [2.45, 2.75) is 70.9 Å². The Bertz CT molecular complexity index is 622. The Morgan fingerprint density at radius 3 is 2.33 bits per heavy atom. The van der Waals surface area contributed by atoms with Crippen LogP contribution in [0.1, 0.15) is 53.0 Å². The average Bonchev–Trinajstić information content (AvgIpc) is 2.78. The number of rotatable bonds is 8. The van der Waals surface area contributed by atoms with E-state index in [0.29, 0.717) is 0 Å². The van der Waals surface area contributed by atoms with Gasteiger partial charge in [0.25, 0.3) is 0 Å². The van der Waals surface area contributed by atoms with E-state index in [1.165, 1.54) is 5.56 Å². The Morgan fingerprint density at radius 2 is 1.81 bits per heavy atom. The van der Waals surface area contributed by atoms with Crippen molar-refractivity contribution in [3.05, 3.63) is 29.8 Å². The highest BCUT2D eigenvalue weighted by Crippen LogP contribution is 2.43. The van der Waals surface area contributed by atoms with Gasteiger partial charge in [-0.1, -0.05) is 25.5 Å². The van der Waals surface area contributed by atoms with Crippen molar-refractivity contribution in [3.63, 3.8) is 0 Å². The van der Waals surface area contributed by atoms with Crippen LogP contribution < -0.4 is 10.5 Å². The second kappa shape index (κ2) is 9.31. The van der Waals surface area contributed by atoms with Crippen molar-refractivity contribution in [1.82, 2.24) is 0 Å². The number of benzene rings is 1. The van der Waals surface area contributed by atoms with Crippen LogP contribution in [0.15, 0.2) is 24.3 Å². The summed E-state index contributed by atoms with van der Waals surface area (Å²) in [5.41, 5.74) is 5.97. The molecule has 0 saturated carbocycles. The number of aryl methyl sites for hydroxylation is 1. The smallest absolute Gasteiger partial charge is 0.461 e. The SMILES string of the molecule is COc1cccc(CCC[C@@H](B2OC(C)(C)C(C)(C)O2)C(C)C(N)=O)c1.Cl. The van der Waals surface area contributed by atoms with Gasteiger partial charge in [0, 0.05) is 11.7 Å². The zero-order valence-corrected chi connectivity index (χ0v) is 18.1. The van der Waals surface area contributed by atoms with Crippen LogP contribution in [0.2, 0.25) is 5.82 Å². The third kappa shape index (κ3) is 5.63. The molecule has 2 N–H and O–H groups in total. The highest BCUT2D eigenvalue weighted by atomic mass is 35.5. The second-order valence-electron chi connectivity index (χ2n) is 8.22. The number of nitrogens with two attached hydrogens (primary N) is 1. The van der Waals surface area contributed by atoms with Gasteiger partial charge in [0.2, 0.25) is 5.91 Å². The molecule has 0 aromatic heterocycles. The lowest BCUT2D eigenvalue weighted by Gasteiger charge is -2.32. The Hall–Kier alpha value is -1.24. The Kier molecular flexibility index (Phi) is 8.21. The topological polar surface area (TPSA) is 70.8 Å². The number of carbonyl (C=O) groups excluding carboxylic acids is 1. The van der Waals surface area contributed by atoms with E-state index in [1.54, 1.807) is 7.11 Å². The molecule has 27 heavy (non-hydrogen) atoms. The molecule has 1 heterocycles. The van der Waals surface area contributed by atoms with Gasteiger partial charge in [-0.25, -0.2) is 0 Å². The molecule has 1 amide bonds. The van der Waals surface area contributed by atoms with E-state index in [0.717, 1.165) is 25.0 Å². The van der Waals surface area contributed by atoms with Gasteiger partial charge in [0.05, 0.1) is 18.3 Å². The molecule has 0 aliphatic carbocycles.